The average Bonchev–Trinajstić information content (AvgIpc) is 2.06. The van der Waals surface area contributed by atoms with Crippen molar-refractivity contribution in [3.05, 3.63) is 45.7 Å². The summed E-state index contributed by atoms with van der Waals surface area (Å²) in [7, 11) is 0. The number of ketones is 1. The summed E-state index contributed by atoms with van der Waals surface area (Å²) >= 11 is 2.16. The van der Waals surface area contributed by atoms with Crippen LogP contribution < -0.4 is 0 Å². The molecule has 0 bridgehead atoms. The van der Waals surface area contributed by atoms with Crippen molar-refractivity contribution >= 4 is 28.4 Å². The number of allylic oxidation sites excluding steroid dienone is 1. The van der Waals surface area contributed by atoms with Crippen LogP contribution in [0.15, 0.2) is 36.6 Å². The highest BCUT2D eigenvalue weighted by molar-refractivity contribution is 14.1. The lowest BCUT2D eigenvalue weighted by Gasteiger charge is -1.94. The largest absolute Gasteiger partial charge is 0.515 e. The second-order valence-corrected chi connectivity index (χ2v) is 3.43. The zero-order chi connectivity index (χ0) is 8.97. The first-order valence-electron chi connectivity index (χ1n) is 3.34. The van der Waals surface area contributed by atoms with Crippen LogP contribution in [0, 0.1) is 3.57 Å². The molecule has 3 heteroatoms. The maximum absolute atomic E-state index is 11.1. The van der Waals surface area contributed by atoms with Gasteiger partial charge in [0.25, 0.3) is 0 Å². The summed E-state index contributed by atoms with van der Waals surface area (Å²) in [5, 5.41) is 8.35. The third kappa shape index (κ3) is 2.34. The Morgan fingerprint density at radius 3 is 2.42 bits per heavy atom. The van der Waals surface area contributed by atoms with Gasteiger partial charge in [-0.3, -0.25) is 4.79 Å². The Labute approximate surface area is 84.1 Å². The van der Waals surface area contributed by atoms with E-state index >= 15 is 0 Å². The molecule has 62 valence electrons. The van der Waals surface area contributed by atoms with Gasteiger partial charge < -0.3 is 5.11 Å². The van der Waals surface area contributed by atoms with Crippen LogP contribution in [0.25, 0.3) is 0 Å². The number of aliphatic hydroxyl groups excluding tert-OH is 1. The molecule has 0 aromatic heterocycles. The Bertz CT molecular complexity index is 301. The average molecular weight is 274 g/mol. The first-order valence-corrected chi connectivity index (χ1v) is 4.42. The first kappa shape index (κ1) is 9.25. The predicted molar refractivity (Wildman–Crippen MR) is 55.3 cm³/mol. The van der Waals surface area contributed by atoms with Crippen molar-refractivity contribution in [2.45, 2.75) is 0 Å². The zero-order valence-electron chi connectivity index (χ0n) is 6.20. The molecule has 0 saturated heterocycles. The number of carbonyl (C=O) groups is 1. The van der Waals surface area contributed by atoms with E-state index in [1.165, 1.54) is 0 Å². The van der Waals surface area contributed by atoms with E-state index in [0.717, 1.165) is 15.9 Å². The van der Waals surface area contributed by atoms with Gasteiger partial charge in [-0.1, -0.05) is 12.1 Å². The summed E-state index contributed by atoms with van der Waals surface area (Å²) in [4.78, 5) is 11.1. The van der Waals surface area contributed by atoms with Gasteiger partial charge in [0.05, 0.1) is 6.26 Å². The van der Waals surface area contributed by atoms with E-state index in [9.17, 15) is 4.79 Å². The van der Waals surface area contributed by atoms with Crippen LogP contribution in [0.5, 0.6) is 0 Å². The minimum atomic E-state index is -0.186. The van der Waals surface area contributed by atoms with Gasteiger partial charge >= 0.3 is 0 Å². The lowest BCUT2D eigenvalue weighted by molar-refractivity contribution is 0.104. The minimum Gasteiger partial charge on any atom is -0.515 e. The molecule has 0 fully saturated rings. The predicted octanol–water partition coefficient (Wildman–Crippen LogP) is 2.55. The summed E-state index contributed by atoms with van der Waals surface area (Å²) in [5.41, 5.74) is 0.584. The van der Waals surface area contributed by atoms with Crippen LogP contribution >= 0.6 is 22.6 Å². The number of benzene rings is 1. The lowest BCUT2D eigenvalue weighted by Crippen LogP contribution is -1.93. The fourth-order valence-electron chi connectivity index (χ4n) is 0.778. The normalized spacial score (nSPS) is 10.4. The molecule has 0 radical (unpaired) electrons. The Morgan fingerprint density at radius 2 is 1.92 bits per heavy atom. The van der Waals surface area contributed by atoms with E-state index in [2.05, 4.69) is 22.6 Å². The first-order chi connectivity index (χ1) is 5.74. The zero-order valence-corrected chi connectivity index (χ0v) is 8.36. The van der Waals surface area contributed by atoms with Crippen molar-refractivity contribution in [1.29, 1.82) is 0 Å². The number of rotatable bonds is 2. The fourth-order valence-corrected chi connectivity index (χ4v) is 1.14. The number of carbonyl (C=O) groups excluding carboxylic acids is 1. The molecule has 1 N–H and O–H groups in total. The molecule has 0 amide bonds. The number of hydrogen-bond acceptors (Lipinski definition) is 2. The lowest BCUT2D eigenvalue weighted by atomic mass is 10.1. The highest BCUT2D eigenvalue weighted by atomic mass is 127. The molecule has 12 heavy (non-hydrogen) atoms. The molecule has 1 aromatic rings. The van der Waals surface area contributed by atoms with E-state index in [4.69, 9.17) is 5.11 Å². The Balaban J connectivity index is 2.90. The van der Waals surface area contributed by atoms with Gasteiger partial charge in [0.1, 0.15) is 0 Å². The third-order valence-corrected chi connectivity index (χ3v) is 2.07. The second kappa shape index (κ2) is 4.25. The van der Waals surface area contributed by atoms with Gasteiger partial charge in [0, 0.05) is 15.2 Å². The summed E-state index contributed by atoms with van der Waals surface area (Å²) in [6.07, 6.45) is 1.88. The van der Waals surface area contributed by atoms with Crippen LogP contribution in [-0.4, -0.2) is 10.9 Å². The molecule has 2 nitrogen and oxygen atoms in total. The second-order valence-electron chi connectivity index (χ2n) is 2.19. The van der Waals surface area contributed by atoms with E-state index in [1.54, 1.807) is 12.1 Å². The monoisotopic (exact) mass is 274 g/mol. The van der Waals surface area contributed by atoms with Crippen LogP contribution in [0.4, 0.5) is 0 Å². The topological polar surface area (TPSA) is 37.3 Å². The van der Waals surface area contributed by atoms with E-state index in [0.29, 0.717) is 5.56 Å². The number of hydrogen-bond donors (Lipinski definition) is 1. The minimum absolute atomic E-state index is 0.186. The molecule has 0 unspecified atom stereocenters. The molecule has 0 aliphatic carbocycles. The van der Waals surface area contributed by atoms with Crippen molar-refractivity contribution in [2.75, 3.05) is 0 Å². The van der Waals surface area contributed by atoms with Crippen LogP contribution in [0.1, 0.15) is 10.4 Å². The molecule has 1 aromatic carbocycles. The van der Waals surface area contributed by atoms with E-state index < -0.39 is 0 Å². The van der Waals surface area contributed by atoms with E-state index in [-0.39, 0.29) is 5.78 Å². The van der Waals surface area contributed by atoms with Gasteiger partial charge in [-0.25, -0.2) is 0 Å². The quantitative estimate of drug-likeness (QED) is 0.389. The Kier molecular flexibility index (Phi) is 3.28. The molecule has 1 rings (SSSR count). The maximum atomic E-state index is 11.1. The van der Waals surface area contributed by atoms with Crippen molar-refractivity contribution < 1.29 is 9.90 Å². The Morgan fingerprint density at radius 1 is 1.33 bits per heavy atom. The van der Waals surface area contributed by atoms with Crippen molar-refractivity contribution in [3.63, 3.8) is 0 Å². The fraction of sp³-hybridized carbons (Fsp3) is 0. The van der Waals surface area contributed by atoms with Crippen LogP contribution in [0.2, 0.25) is 0 Å². The summed E-state index contributed by atoms with van der Waals surface area (Å²) < 4.78 is 1.08. The molecule has 0 aliphatic rings. The molecule has 0 atom stereocenters. The number of halogens is 1. The molecule has 0 aliphatic heterocycles. The smallest absolute Gasteiger partial charge is 0.188 e. The SMILES string of the molecule is O=C(/C=C/O)c1ccc(I)cc1. The van der Waals surface area contributed by atoms with Gasteiger partial charge in [-0.2, -0.15) is 0 Å². The Hall–Kier alpha value is -0.840. The van der Waals surface area contributed by atoms with Crippen molar-refractivity contribution in [2.24, 2.45) is 0 Å². The highest BCUT2D eigenvalue weighted by Crippen LogP contribution is 2.07. The van der Waals surface area contributed by atoms with Gasteiger partial charge in [-0.15, -0.1) is 0 Å². The van der Waals surface area contributed by atoms with Gasteiger partial charge in [0.2, 0.25) is 0 Å². The summed E-state index contributed by atoms with van der Waals surface area (Å²) in [6.45, 7) is 0. The standard InChI is InChI=1S/C9H7IO2/c10-8-3-1-7(2-4-8)9(12)5-6-11/h1-6,11H/b6-5+. The maximum Gasteiger partial charge on any atom is 0.188 e. The van der Waals surface area contributed by atoms with Crippen LogP contribution in [-0.2, 0) is 0 Å². The molecule has 0 heterocycles. The van der Waals surface area contributed by atoms with Crippen LogP contribution in [0.3, 0.4) is 0 Å². The van der Waals surface area contributed by atoms with E-state index in [1.807, 2.05) is 12.1 Å². The molecular weight excluding hydrogens is 267 g/mol. The molecule has 0 spiro atoms. The van der Waals surface area contributed by atoms with Crippen molar-refractivity contribution in [1.82, 2.24) is 0 Å². The number of aliphatic hydroxyl groups is 1. The van der Waals surface area contributed by atoms with Crippen molar-refractivity contribution in [3.8, 4) is 0 Å². The summed E-state index contributed by atoms with van der Waals surface area (Å²) in [5.74, 6) is -0.186. The molecule has 0 saturated carbocycles. The van der Waals surface area contributed by atoms with Gasteiger partial charge in [0.15, 0.2) is 5.78 Å². The highest BCUT2D eigenvalue weighted by Gasteiger charge is 1.99. The van der Waals surface area contributed by atoms with Gasteiger partial charge in [-0.05, 0) is 34.7 Å². The summed E-state index contributed by atoms with van der Waals surface area (Å²) in [6, 6.07) is 7.15. The molecular formula is C9H7IO2. The third-order valence-electron chi connectivity index (χ3n) is 1.35.